The third kappa shape index (κ3) is 3.60. The fraction of sp³-hybridized carbons (Fsp3) is 0.615. The number of carbonyl (C=O) groups is 1. The molecule has 0 radical (unpaired) electrons. The zero-order chi connectivity index (χ0) is 14.0. The van der Waals surface area contributed by atoms with Crippen LogP contribution in [0.2, 0.25) is 5.15 Å². The molecule has 1 aromatic rings. The minimum Gasteiger partial charge on any atom is -0.469 e. The van der Waals surface area contributed by atoms with E-state index in [1.165, 1.54) is 7.11 Å². The van der Waals surface area contributed by atoms with E-state index in [-0.39, 0.29) is 11.4 Å². The highest BCUT2D eigenvalue weighted by Crippen LogP contribution is 2.52. The summed E-state index contributed by atoms with van der Waals surface area (Å²) in [5.74, 6) is 0.689. The lowest BCUT2D eigenvalue weighted by molar-refractivity contribution is -0.141. The maximum atomic E-state index is 11.4. The number of aromatic nitrogens is 2. The third-order valence-electron chi connectivity index (χ3n) is 3.45. The smallest absolute Gasteiger partial charge is 0.306 e. The summed E-state index contributed by atoms with van der Waals surface area (Å²) in [5.41, 5.74) is 1.82. The van der Waals surface area contributed by atoms with Crippen molar-refractivity contribution < 1.29 is 9.53 Å². The van der Waals surface area contributed by atoms with Crippen molar-refractivity contribution >= 4 is 29.3 Å². The molecule has 4 nitrogen and oxygen atoms in total. The van der Waals surface area contributed by atoms with Crippen LogP contribution in [0.3, 0.4) is 0 Å². The Labute approximate surface area is 122 Å². The molecule has 6 heteroatoms. The molecule has 1 heterocycles. The van der Waals surface area contributed by atoms with Crippen LogP contribution in [-0.2, 0) is 9.53 Å². The Morgan fingerprint density at radius 1 is 1.37 bits per heavy atom. The molecular weight excluding hydrogens is 284 g/mol. The normalized spacial score (nSPS) is 16.2. The summed E-state index contributed by atoms with van der Waals surface area (Å²) in [6, 6.07) is 0. The van der Waals surface area contributed by atoms with Crippen LogP contribution in [-0.4, -0.2) is 28.8 Å². The van der Waals surface area contributed by atoms with Gasteiger partial charge in [0, 0.05) is 5.75 Å². The van der Waals surface area contributed by atoms with Crippen molar-refractivity contribution in [1.82, 2.24) is 9.97 Å². The second-order valence-corrected chi connectivity index (χ2v) is 6.35. The number of rotatable bonds is 5. The quantitative estimate of drug-likeness (QED) is 0.617. The molecule has 0 amide bonds. The van der Waals surface area contributed by atoms with Crippen molar-refractivity contribution in [2.45, 2.75) is 38.1 Å². The van der Waals surface area contributed by atoms with Crippen molar-refractivity contribution in [3.05, 3.63) is 16.5 Å². The lowest BCUT2D eigenvalue weighted by Crippen LogP contribution is -2.13. The first-order valence-electron chi connectivity index (χ1n) is 6.16. The minimum atomic E-state index is -0.143. The van der Waals surface area contributed by atoms with Crippen LogP contribution in [0.25, 0.3) is 0 Å². The topological polar surface area (TPSA) is 52.1 Å². The van der Waals surface area contributed by atoms with E-state index in [2.05, 4.69) is 9.97 Å². The highest BCUT2D eigenvalue weighted by atomic mass is 35.5. The number of hydrogen-bond donors (Lipinski definition) is 0. The van der Waals surface area contributed by atoms with E-state index in [1.54, 1.807) is 11.8 Å². The Morgan fingerprint density at radius 3 is 2.58 bits per heavy atom. The van der Waals surface area contributed by atoms with Crippen molar-refractivity contribution in [3.8, 4) is 0 Å². The zero-order valence-electron chi connectivity index (χ0n) is 11.3. The fourth-order valence-corrected chi connectivity index (χ4v) is 3.33. The van der Waals surface area contributed by atoms with Gasteiger partial charge in [-0.05, 0) is 32.1 Å². The number of halogens is 1. The summed E-state index contributed by atoms with van der Waals surface area (Å²) < 4.78 is 4.73. The molecule has 0 N–H and O–H groups in total. The molecule has 0 unspecified atom stereocenters. The number of methoxy groups -OCH3 is 1. The summed E-state index contributed by atoms with van der Waals surface area (Å²) in [6.07, 6.45) is 2.60. The predicted octanol–water partition coefficient (Wildman–Crippen LogP) is 3.18. The number of ether oxygens (including phenoxy) is 1. The van der Waals surface area contributed by atoms with E-state index < -0.39 is 0 Å². The fourth-order valence-electron chi connectivity index (χ4n) is 1.80. The van der Waals surface area contributed by atoms with Crippen LogP contribution in [0.4, 0.5) is 0 Å². The molecule has 1 aliphatic rings. The molecule has 1 fully saturated rings. The van der Waals surface area contributed by atoms with Gasteiger partial charge in [0.2, 0.25) is 0 Å². The first-order chi connectivity index (χ1) is 8.96. The number of hydrogen-bond acceptors (Lipinski definition) is 5. The third-order valence-corrected chi connectivity index (χ3v) is 5.14. The Hall–Kier alpha value is -0.810. The Balaban J connectivity index is 1.99. The SMILES string of the molecule is COC(=O)CC1(CSc2nc(C)c(C)nc2Cl)CC1. The van der Waals surface area contributed by atoms with Crippen molar-refractivity contribution in [3.63, 3.8) is 0 Å². The van der Waals surface area contributed by atoms with Gasteiger partial charge in [-0.3, -0.25) is 4.79 Å². The van der Waals surface area contributed by atoms with Crippen molar-refractivity contribution in [2.24, 2.45) is 5.41 Å². The molecule has 19 heavy (non-hydrogen) atoms. The number of thioether (sulfide) groups is 1. The van der Waals surface area contributed by atoms with E-state index in [9.17, 15) is 4.79 Å². The maximum Gasteiger partial charge on any atom is 0.306 e. The summed E-state index contributed by atoms with van der Waals surface area (Å²) in [7, 11) is 1.43. The second-order valence-electron chi connectivity index (χ2n) is 5.03. The molecular formula is C13H17ClN2O2S. The summed E-state index contributed by atoms with van der Waals surface area (Å²) in [6.45, 7) is 3.81. The van der Waals surface area contributed by atoms with Gasteiger partial charge < -0.3 is 4.74 Å². The molecule has 0 aromatic carbocycles. The molecule has 0 saturated heterocycles. The number of carbonyl (C=O) groups excluding carboxylic acids is 1. The van der Waals surface area contributed by atoms with Crippen LogP contribution in [0.15, 0.2) is 5.03 Å². The average Bonchev–Trinajstić information content (AvgIpc) is 3.12. The lowest BCUT2D eigenvalue weighted by Gasteiger charge is -2.13. The Kier molecular flexibility index (Phi) is 4.36. The van der Waals surface area contributed by atoms with Gasteiger partial charge in [-0.1, -0.05) is 11.6 Å². The molecule has 1 aliphatic carbocycles. The molecule has 104 valence electrons. The molecule has 0 aliphatic heterocycles. The summed E-state index contributed by atoms with van der Waals surface area (Å²) >= 11 is 7.68. The van der Waals surface area contributed by atoms with Crippen LogP contribution in [0.1, 0.15) is 30.7 Å². The van der Waals surface area contributed by atoms with Crippen LogP contribution in [0, 0.1) is 19.3 Å². The van der Waals surface area contributed by atoms with Crippen LogP contribution in [0.5, 0.6) is 0 Å². The van der Waals surface area contributed by atoms with Gasteiger partial charge in [-0.2, -0.15) is 0 Å². The molecule has 0 spiro atoms. The van der Waals surface area contributed by atoms with Gasteiger partial charge in [0.1, 0.15) is 5.03 Å². The van der Waals surface area contributed by atoms with E-state index in [1.807, 2.05) is 13.8 Å². The van der Waals surface area contributed by atoms with Crippen LogP contribution < -0.4 is 0 Å². The highest BCUT2D eigenvalue weighted by molar-refractivity contribution is 7.99. The predicted molar refractivity (Wildman–Crippen MR) is 75.5 cm³/mol. The first kappa shape index (κ1) is 14.6. The van der Waals surface area contributed by atoms with Crippen molar-refractivity contribution in [1.29, 1.82) is 0 Å². The molecule has 2 rings (SSSR count). The maximum absolute atomic E-state index is 11.4. The zero-order valence-corrected chi connectivity index (χ0v) is 12.9. The molecule has 1 saturated carbocycles. The Morgan fingerprint density at radius 2 is 2.00 bits per heavy atom. The van der Waals surface area contributed by atoms with Gasteiger partial charge in [0.25, 0.3) is 0 Å². The highest BCUT2D eigenvalue weighted by Gasteiger charge is 2.44. The number of nitrogens with zero attached hydrogens (tertiary/aromatic N) is 2. The Bertz CT molecular complexity index is 504. The second kappa shape index (κ2) is 5.67. The first-order valence-corrected chi connectivity index (χ1v) is 7.52. The lowest BCUT2D eigenvalue weighted by atomic mass is 10.1. The monoisotopic (exact) mass is 300 g/mol. The average molecular weight is 301 g/mol. The molecule has 0 atom stereocenters. The van der Waals surface area contributed by atoms with Gasteiger partial charge in [-0.25, -0.2) is 9.97 Å². The number of esters is 1. The minimum absolute atomic E-state index is 0.0710. The standard InChI is InChI=1S/C13H17ClN2O2S/c1-8-9(2)16-12(11(14)15-8)19-7-13(4-5-13)6-10(17)18-3/h4-7H2,1-3H3. The largest absolute Gasteiger partial charge is 0.469 e. The van der Waals surface area contributed by atoms with Crippen LogP contribution >= 0.6 is 23.4 Å². The summed E-state index contributed by atoms with van der Waals surface area (Å²) in [4.78, 5) is 20.1. The van der Waals surface area contributed by atoms with E-state index >= 15 is 0 Å². The molecule has 1 aromatic heterocycles. The van der Waals surface area contributed by atoms with Gasteiger partial charge >= 0.3 is 5.97 Å². The van der Waals surface area contributed by atoms with Gasteiger partial charge in [0.05, 0.1) is 24.9 Å². The van der Waals surface area contributed by atoms with Gasteiger partial charge in [0.15, 0.2) is 5.15 Å². The number of aryl methyl sites for hydroxylation is 2. The van der Waals surface area contributed by atoms with Gasteiger partial charge in [-0.15, -0.1) is 11.8 Å². The van der Waals surface area contributed by atoms with E-state index in [4.69, 9.17) is 16.3 Å². The summed E-state index contributed by atoms with van der Waals surface area (Å²) in [5, 5.41) is 1.20. The van der Waals surface area contributed by atoms with Crippen molar-refractivity contribution in [2.75, 3.05) is 12.9 Å². The van der Waals surface area contributed by atoms with E-state index in [0.717, 1.165) is 35.0 Å². The molecule has 0 bridgehead atoms. The van der Waals surface area contributed by atoms with E-state index in [0.29, 0.717) is 11.6 Å².